The van der Waals surface area contributed by atoms with Crippen LogP contribution in [-0.2, 0) is 26.2 Å². The maximum Gasteiger partial charge on any atom is 0.244 e. The molecule has 1 unspecified atom stereocenters. The Morgan fingerprint density at radius 1 is 1.00 bits per heavy atom. The predicted molar refractivity (Wildman–Crippen MR) is 136 cm³/mol. The molecule has 0 aromatic heterocycles. The smallest absolute Gasteiger partial charge is 0.244 e. The van der Waals surface area contributed by atoms with E-state index in [-0.39, 0.29) is 12.5 Å². The molecule has 0 radical (unpaired) electrons. The van der Waals surface area contributed by atoms with Crippen LogP contribution in [0.2, 0.25) is 5.02 Å². The maximum absolute atomic E-state index is 13.5. The minimum atomic E-state index is -3.80. The summed E-state index contributed by atoms with van der Waals surface area (Å²) in [4.78, 5) is 27.5. The summed E-state index contributed by atoms with van der Waals surface area (Å²) in [5, 5.41) is 4.85. The number of amides is 2. The fourth-order valence-electron chi connectivity index (χ4n) is 3.71. The number of nitrogens with one attached hydrogen (secondary N) is 1. The second-order valence-electron chi connectivity index (χ2n) is 7.99. The number of hydrogen-bond acceptors (Lipinski definition) is 4. The highest BCUT2D eigenvalue weighted by Crippen LogP contribution is 2.28. The minimum Gasteiger partial charge on any atom is -0.355 e. The van der Waals surface area contributed by atoms with Crippen LogP contribution in [0.5, 0.6) is 0 Å². The van der Waals surface area contributed by atoms with Gasteiger partial charge in [-0.15, -0.1) is 0 Å². The number of halogens is 1. The predicted octanol–water partition coefficient (Wildman–Crippen LogP) is 3.81. The van der Waals surface area contributed by atoms with E-state index < -0.39 is 28.5 Å². The van der Waals surface area contributed by atoms with E-state index in [0.29, 0.717) is 22.6 Å². The first-order valence-corrected chi connectivity index (χ1v) is 13.1. The highest BCUT2D eigenvalue weighted by molar-refractivity contribution is 7.92. The number of carbonyl (C=O) groups is 2. The van der Waals surface area contributed by atoms with Gasteiger partial charge in [-0.05, 0) is 43.0 Å². The van der Waals surface area contributed by atoms with Crippen molar-refractivity contribution in [2.45, 2.75) is 26.4 Å². The number of nitrogens with zero attached hydrogens (tertiary/aromatic N) is 2. The molecule has 3 aromatic carbocycles. The molecule has 0 fully saturated rings. The number of likely N-dealkylation sites (N-methyl/N-ethyl adjacent to an activating group) is 1. The van der Waals surface area contributed by atoms with Crippen LogP contribution >= 0.6 is 11.6 Å². The summed E-state index contributed by atoms with van der Waals surface area (Å²) in [7, 11) is -3.80. The van der Waals surface area contributed by atoms with Crippen molar-refractivity contribution in [2.75, 3.05) is 23.7 Å². The van der Waals surface area contributed by atoms with Crippen molar-refractivity contribution in [3.8, 4) is 0 Å². The molecule has 0 aliphatic carbocycles. The lowest BCUT2D eigenvalue weighted by atomic mass is 10.1. The Hall–Kier alpha value is -3.10. The molecular formula is C25H28ClN3O4S. The number of carbonyl (C=O) groups excluding carboxylic acids is 2. The molecule has 34 heavy (non-hydrogen) atoms. The van der Waals surface area contributed by atoms with Crippen LogP contribution in [0.15, 0.2) is 66.7 Å². The summed E-state index contributed by atoms with van der Waals surface area (Å²) in [6.07, 6.45) is 1.07. The average molecular weight is 502 g/mol. The van der Waals surface area contributed by atoms with Gasteiger partial charge < -0.3 is 10.2 Å². The van der Waals surface area contributed by atoms with E-state index in [1.807, 2.05) is 30.3 Å². The largest absolute Gasteiger partial charge is 0.355 e. The van der Waals surface area contributed by atoms with Crippen molar-refractivity contribution >= 4 is 49.9 Å². The molecule has 0 heterocycles. The molecule has 0 spiro atoms. The third-order valence-corrected chi connectivity index (χ3v) is 6.88. The highest BCUT2D eigenvalue weighted by atomic mass is 35.5. The van der Waals surface area contributed by atoms with Crippen molar-refractivity contribution in [2.24, 2.45) is 0 Å². The fourth-order valence-corrected chi connectivity index (χ4v) is 4.70. The lowest BCUT2D eigenvalue weighted by Crippen LogP contribution is -2.51. The van der Waals surface area contributed by atoms with Crippen molar-refractivity contribution in [1.29, 1.82) is 0 Å². The zero-order valence-corrected chi connectivity index (χ0v) is 20.9. The Morgan fingerprint density at radius 3 is 2.29 bits per heavy atom. The molecule has 3 rings (SSSR count). The first-order valence-electron chi connectivity index (χ1n) is 10.9. The Morgan fingerprint density at radius 2 is 1.65 bits per heavy atom. The van der Waals surface area contributed by atoms with Crippen LogP contribution in [0.25, 0.3) is 10.8 Å². The lowest BCUT2D eigenvalue weighted by molar-refractivity contribution is -0.139. The van der Waals surface area contributed by atoms with Gasteiger partial charge in [-0.2, -0.15) is 0 Å². The quantitative estimate of drug-likeness (QED) is 0.483. The second-order valence-corrected chi connectivity index (χ2v) is 10.3. The molecule has 3 aromatic rings. The number of anilines is 1. The summed E-state index contributed by atoms with van der Waals surface area (Å²) >= 11 is 5.98. The molecule has 1 N–H and O–H groups in total. The van der Waals surface area contributed by atoms with Gasteiger partial charge in [0.1, 0.15) is 12.6 Å². The average Bonchev–Trinajstić information content (AvgIpc) is 2.80. The molecule has 7 nitrogen and oxygen atoms in total. The standard InChI is InChI=1S/C25H28ClN3O4S/c1-4-27-25(31)18(2)28(16-19-12-14-21(26)15-13-19)24(30)17-29(34(3,32)33)23-11-7-9-20-8-5-6-10-22(20)23/h5-15,18H,4,16-17H2,1-3H3,(H,27,31). The summed E-state index contributed by atoms with van der Waals surface area (Å²) in [6.45, 7) is 3.52. The number of fused-ring (bicyclic) bond motifs is 1. The summed E-state index contributed by atoms with van der Waals surface area (Å²) in [5.74, 6) is -0.812. The van der Waals surface area contributed by atoms with Crippen LogP contribution in [0.3, 0.4) is 0 Å². The van der Waals surface area contributed by atoms with E-state index in [9.17, 15) is 18.0 Å². The van der Waals surface area contributed by atoms with Gasteiger partial charge in [-0.25, -0.2) is 8.42 Å². The van der Waals surface area contributed by atoms with Gasteiger partial charge in [0.25, 0.3) is 0 Å². The van der Waals surface area contributed by atoms with E-state index in [1.165, 1.54) is 4.90 Å². The maximum atomic E-state index is 13.5. The molecule has 0 saturated carbocycles. The van der Waals surface area contributed by atoms with Gasteiger partial charge in [0.05, 0.1) is 11.9 Å². The van der Waals surface area contributed by atoms with Crippen LogP contribution < -0.4 is 9.62 Å². The zero-order chi connectivity index (χ0) is 24.9. The number of benzene rings is 3. The van der Waals surface area contributed by atoms with E-state index in [0.717, 1.165) is 21.5 Å². The summed E-state index contributed by atoms with van der Waals surface area (Å²) in [6, 6.07) is 18.8. The van der Waals surface area contributed by atoms with Crippen molar-refractivity contribution in [3.05, 3.63) is 77.3 Å². The van der Waals surface area contributed by atoms with Gasteiger partial charge in [0, 0.05) is 23.5 Å². The highest BCUT2D eigenvalue weighted by Gasteiger charge is 2.30. The zero-order valence-electron chi connectivity index (χ0n) is 19.4. The van der Waals surface area contributed by atoms with Gasteiger partial charge >= 0.3 is 0 Å². The number of sulfonamides is 1. The van der Waals surface area contributed by atoms with Gasteiger partial charge in [-0.3, -0.25) is 13.9 Å². The minimum absolute atomic E-state index is 0.126. The number of hydrogen-bond donors (Lipinski definition) is 1. The summed E-state index contributed by atoms with van der Waals surface area (Å²) in [5.41, 5.74) is 1.18. The van der Waals surface area contributed by atoms with E-state index in [4.69, 9.17) is 11.6 Å². The normalized spacial score (nSPS) is 12.2. The first kappa shape index (κ1) is 25.5. The Balaban J connectivity index is 1.98. The van der Waals surface area contributed by atoms with Crippen LogP contribution in [-0.4, -0.2) is 50.5 Å². The Kier molecular flexibility index (Phi) is 8.17. The monoisotopic (exact) mass is 501 g/mol. The third-order valence-electron chi connectivity index (χ3n) is 5.50. The lowest BCUT2D eigenvalue weighted by Gasteiger charge is -2.31. The molecule has 2 amide bonds. The molecule has 0 bridgehead atoms. The van der Waals surface area contributed by atoms with Crippen molar-refractivity contribution < 1.29 is 18.0 Å². The summed E-state index contributed by atoms with van der Waals surface area (Å²) < 4.78 is 26.7. The Bertz CT molecular complexity index is 1270. The topological polar surface area (TPSA) is 86.8 Å². The first-order chi connectivity index (χ1) is 16.1. The second kappa shape index (κ2) is 10.9. The molecule has 1 atom stereocenters. The van der Waals surface area contributed by atoms with Gasteiger partial charge in [0.2, 0.25) is 21.8 Å². The molecule has 9 heteroatoms. The van der Waals surface area contributed by atoms with Crippen LogP contribution in [0, 0.1) is 0 Å². The Labute approximate surface area is 205 Å². The van der Waals surface area contributed by atoms with E-state index in [2.05, 4.69) is 5.32 Å². The van der Waals surface area contributed by atoms with Crippen molar-refractivity contribution in [1.82, 2.24) is 10.2 Å². The van der Waals surface area contributed by atoms with Gasteiger partial charge in [-0.1, -0.05) is 60.1 Å². The van der Waals surface area contributed by atoms with E-state index in [1.54, 1.807) is 50.2 Å². The van der Waals surface area contributed by atoms with Gasteiger partial charge in [0.15, 0.2) is 0 Å². The van der Waals surface area contributed by atoms with Crippen molar-refractivity contribution in [3.63, 3.8) is 0 Å². The molecule has 0 saturated heterocycles. The molecule has 0 aliphatic rings. The molecule has 0 aliphatic heterocycles. The molecule has 180 valence electrons. The third kappa shape index (κ3) is 6.07. The molecular weight excluding hydrogens is 474 g/mol. The van der Waals surface area contributed by atoms with Crippen LogP contribution in [0.4, 0.5) is 5.69 Å². The van der Waals surface area contributed by atoms with E-state index >= 15 is 0 Å². The van der Waals surface area contributed by atoms with Crippen LogP contribution in [0.1, 0.15) is 19.4 Å². The number of rotatable bonds is 9. The fraction of sp³-hybridized carbons (Fsp3) is 0.280. The SMILES string of the molecule is CCNC(=O)C(C)N(Cc1ccc(Cl)cc1)C(=O)CN(c1cccc2ccccc12)S(C)(=O)=O.